The van der Waals surface area contributed by atoms with E-state index in [1.54, 1.807) is 29.2 Å². The molecule has 8 nitrogen and oxygen atoms in total. The number of carbonyl (C=O) groups excluding carboxylic acids is 3. The molecule has 8 heteroatoms. The monoisotopic (exact) mass is 416 g/mol. The number of morpholine rings is 1. The van der Waals surface area contributed by atoms with Gasteiger partial charge in [0.1, 0.15) is 0 Å². The van der Waals surface area contributed by atoms with E-state index in [9.17, 15) is 14.4 Å². The smallest absolute Gasteiger partial charge is 0.253 e. The quantitative estimate of drug-likeness (QED) is 0.655. The van der Waals surface area contributed by atoms with Crippen molar-refractivity contribution in [2.45, 2.75) is 26.2 Å². The Balaban J connectivity index is 1.43. The van der Waals surface area contributed by atoms with E-state index in [1.165, 1.54) is 6.92 Å². The fraction of sp³-hybridized carbons (Fsp3) is 0.591. The van der Waals surface area contributed by atoms with E-state index < -0.39 is 0 Å². The van der Waals surface area contributed by atoms with Crippen LogP contribution in [0.3, 0.4) is 0 Å². The summed E-state index contributed by atoms with van der Waals surface area (Å²) in [5.41, 5.74) is 1.22. The van der Waals surface area contributed by atoms with Gasteiger partial charge in [-0.25, -0.2) is 0 Å². The van der Waals surface area contributed by atoms with Crippen molar-refractivity contribution < 1.29 is 19.1 Å². The first-order valence-electron chi connectivity index (χ1n) is 10.8. The molecule has 0 saturated carbocycles. The van der Waals surface area contributed by atoms with Crippen molar-refractivity contribution in [2.24, 2.45) is 5.92 Å². The normalized spacial score (nSPS) is 19.9. The lowest BCUT2D eigenvalue weighted by Gasteiger charge is -2.32. The zero-order valence-corrected chi connectivity index (χ0v) is 17.7. The second-order valence-electron chi connectivity index (χ2n) is 7.95. The van der Waals surface area contributed by atoms with Crippen LogP contribution in [0.15, 0.2) is 24.3 Å². The SMILES string of the molecule is CC(=O)Nc1ccc(C(=O)N2CCCC(C(=O)NCCCN3CCOCC3)C2)cc1. The Kier molecular flexibility index (Phi) is 8.21. The number of piperidine rings is 1. The van der Waals surface area contributed by atoms with Gasteiger partial charge < -0.3 is 20.3 Å². The molecule has 2 saturated heterocycles. The van der Waals surface area contributed by atoms with Crippen LogP contribution in [-0.4, -0.2) is 80.0 Å². The Morgan fingerprint density at radius 3 is 2.53 bits per heavy atom. The Labute approximate surface area is 177 Å². The van der Waals surface area contributed by atoms with Crippen LogP contribution in [0.25, 0.3) is 0 Å². The number of hydrogen-bond donors (Lipinski definition) is 2. The topological polar surface area (TPSA) is 91.0 Å². The summed E-state index contributed by atoms with van der Waals surface area (Å²) < 4.78 is 5.35. The zero-order chi connectivity index (χ0) is 21.3. The van der Waals surface area contributed by atoms with Crippen LogP contribution in [0.2, 0.25) is 0 Å². The van der Waals surface area contributed by atoms with Crippen molar-refractivity contribution in [3.8, 4) is 0 Å². The van der Waals surface area contributed by atoms with Gasteiger partial charge in [-0.05, 0) is 50.1 Å². The first-order valence-corrected chi connectivity index (χ1v) is 10.8. The maximum absolute atomic E-state index is 12.8. The molecule has 0 spiro atoms. The lowest BCUT2D eigenvalue weighted by molar-refractivity contribution is -0.126. The van der Waals surface area contributed by atoms with Crippen LogP contribution in [-0.2, 0) is 14.3 Å². The minimum atomic E-state index is -0.162. The van der Waals surface area contributed by atoms with Gasteiger partial charge in [-0.3, -0.25) is 19.3 Å². The van der Waals surface area contributed by atoms with Crippen molar-refractivity contribution in [2.75, 3.05) is 57.8 Å². The maximum Gasteiger partial charge on any atom is 0.253 e. The van der Waals surface area contributed by atoms with Gasteiger partial charge in [0.25, 0.3) is 5.91 Å². The molecule has 0 aromatic heterocycles. The second-order valence-corrected chi connectivity index (χ2v) is 7.95. The second kappa shape index (κ2) is 11.1. The fourth-order valence-corrected chi connectivity index (χ4v) is 3.94. The summed E-state index contributed by atoms with van der Waals surface area (Å²) >= 11 is 0. The third kappa shape index (κ3) is 6.53. The first-order chi connectivity index (χ1) is 14.5. The molecule has 2 aliphatic heterocycles. The van der Waals surface area contributed by atoms with Gasteiger partial charge in [-0.15, -0.1) is 0 Å². The summed E-state index contributed by atoms with van der Waals surface area (Å²) in [6.45, 7) is 7.66. The molecule has 1 aromatic carbocycles. The van der Waals surface area contributed by atoms with E-state index in [4.69, 9.17) is 4.74 Å². The number of amides is 3. The molecule has 2 heterocycles. The Morgan fingerprint density at radius 1 is 1.10 bits per heavy atom. The lowest BCUT2D eigenvalue weighted by atomic mass is 9.96. The number of carbonyl (C=O) groups is 3. The largest absolute Gasteiger partial charge is 0.379 e. The van der Waals surface area contributed by atoms with E-state index in [2.05, 4.69) is 15.5 Å². The lowest BCUT2D eigenvalue weighted by Crippen LogP contribution is -2.46. The molecule has 2 aliphatic rings. The highest BCUT2D eigenvalue weighted by Gasteiger charge is 2.28. The maximum atomic E-state index is 12.8. The van der Waals surface area contributed by atoms with Gasteiger partial charge in [-0.2, -0.15) is 0 Å². The number of ether oxygens (including phenoxy) is 1. The van der Waals surface area contributed by atoms with Crippen molar-refractivity contribution >= 4 is 23.4 Å². The number of nitrogens with one attached hydrogen (secondary N) is 2. The fourth-order valence-electron chi connectivity index (χ4n) is 3.94. The number of nitrogens with zero attached hydrogens (tertiary/aromatic N) is 2. The average Bonchev–Trinajstić information content (AvgIpc) is 2.77. The summed E-state index contributed by atoms with van der Waals surface area (Å²) in [4.78, 5) is 40.6. The third-order valence-electron chi connectivity index (χ3n) is 5.59. The Hall–Kier alpha value is -2.45. The van der Waals surface area contributed by atoms with Crippen molar-refractivity contribution in [3.63, 3.8) is 0 Å². The molecule has 2 fully saturated rings. The van der Waals surface area contributed by atoms with Crippen LogP contribution in [0.1, 0.15) is 36.5 Å². The van der Waals surface area contributed by atoms with Gasteiger partial charge in [-0.1, -0.05) is 0 Å². The molecule has 30 heavy (non-hydrogen) atoms. The number of likely N-dealkylation sites (tertiary alicyclic amines) is 1. The van der Waals surface area contributed by atoms with Gasteiger partial charge in [0.15, 0.2) is 0 Å². The first kappa shape index (κ1) is 22.2. The third-order valence-corrected chi connectivity index (χ3v) is 5.59. The molecule has 164 valence electrons. The van der Waals surface area contributed by atoms with E-state index in [0.717, 1.165) is 52.1 Å². The molecule has 0 aliphatic carbocycles. The highest BCUT2D eigenvalue weighted by Crippen LogP contribution is 2.20. The van der Waals surface area contributed by atoms with Crippen LogP contribution in [0, 0.1) is 5.92 Å². The Morgan fingerprint density at radius 2 is 1.83 bits per heavy atom. The zero-order valence-electron chi connectivity index (χ0n) is 17.7. The van der Waals surface area contributed by atoms with Crippen LogP contribution < -0.4 is 10.6 Å². The Bertz CT molecular complexity index is 731. The predicted molar refractivity (Wildman–Crippen MR) is 114 cm³/mol. The van der Waals surface area contributed by atoms with E-state index in [-0.39, 0.29) is 23.6 Å². The molecule has 1 unspecified atom stereocenters. The van der Waals surface area contributed by atoms with Crippen molar-refractivity contribution in [1.29, 1.82) is 0 Å². The van der Waals surface area contributed by atoms with Crippen LogP contribution in [0.5, 0.6) is 0 Å². The molecule has 3 rings (SSSR count). The van der Waals surface area contributed by atoms with Gasteiger partial charge in [0.05, 0.1) is 19.1 Å². The minimum Gasteiger partial charge on any atom is -0.379 e. The molecule has 3 amide bonds. The minimum absolute atomic E-state index is 0.0375. The standard InChI is InChI=1S/C22H32N4O4/c1-17(27)24-20-7-5-18(6-8-20)22(29)26-11-2-4-19(16-26)21(28)23-9-3-10-25-12-14-30-15-13-25/h5-8,19H,2-4,9-16H2,1H3,(H,23,28)(H,24,27). The summed E-state index contributed by atoms with van der Waals surface area (Å²) in [7, 11) is 0. The van der Waals surface area contributed by atoms with Crippen molar-refractivity contribution in [1.82, 2.24) is 15.1 Å². The molecule has 0 bridgehead atoms. The highest BCUT2D eigenvalue weighted by atomic mass is 16.5. The number of benzene rings is 1. The summed E-state index contributed by atoms with van der Waals surface area (Å²) in [6, 6.07) is 6.86. The predicted octanol–water partition coefficient (Wildman–Crippen LogP) is 1.34. The summed E-state index contributed by atoms with van der Waals surface area (Å²) in [5, 5.41) is 5.73. The van der Waals surface area contributed by atoms with Crippen LogP contribution in [0.4, 0.5) is 5.69 Å². The van der Waals surface area contributed by atoms with E-state index in [1.807, 2.05) is 0 Å². The molecule has 1 atom stereocenters. The van der Waals surface area contributed by atoms with Crippen LogP contribution >= 0.6 is 0 Å². The summed E-state index contributed by atoms with van der Waals surface area (Å²) in [6.07, 6.45) is 2.55. The molecule has 0 radical (unpaired) electrons. The van der Waals surface area contributed by atoms with Gasteiger partial charge in [0.2, 0.25) is 11.8 Å². The molecule has 1 aromatic rings. The summed E-state index contributed by atoms with van der Waals surface area (Å²) in [5.74, 6) is -0.349. The van der Waals surface area contributed by atoms with E-state index in [0.29, 0.717) is 30.9 Å². The molecule has 2 N–H and O–H groups in total. The number of hydrogen-bond acceptors (Lipinski definition) is 5. The average molecular weight is 417 g/mol. The molecular formula is C22H32N4O4. The highest BCUT2D eigenvalue weighted by molar-refractivity contribution is 5.96. The van der Waals surface area contributed by atoms with Crippen molar-refractivity contribution in [3.05, 3.63) is 29.8 Å². The number of anilines is 1. The van der Waals surface area contributed by atoms with Gasteiger partial charge >= 0.3 is 0 Å². The van der Waals surface area contributed by atoms with Gasteiger partial charge in [0, 0.05) is 50.9 Å². The molecular weight excluding hydrogens is 384 g/mol. The number of rotatable bonds is 7. The van der Waals surface area contributed by atoms with E-state index >= 15 is 0 Å².